The molecule has 1 aliphatic rings. The number of rotatable bonds is 2. The fraction of sp³-hybridized carbons (Fsp3) is 0.500. The first kappa shape index (κ1) is 10.4. The molecule has 2 aromatic heterocycles. The number of hydrogen-bond donors (Lipinski definition) is 1. The van der Waals surface area contributed by atoms with Gasteiger partial charge in [0.05, 0.1) is 6.20 Å². The molecule has 0 amide bonds. The lowest BCUT2D eigenvalue weighted by atomic mass is 9.98. The zero-order valence-corrected chi connectivity index (χ0v) is 9.54. The Bertz CT molecular complexity index is 517. The largest absolute Gasteiger partial charge is 0.492 e. The van der Waals surface area contributed by atoms with Gasteiger partial charge in [0, 0.05) is 12.4 Å². The quantitative estimate of drug-likeness (QED) is 0.863. The second-order valence-corrected chi connectivity index (χ2v) is 4.44. The molecule has 1 aliphatic carbocycles. The molecule has 2 heterocycles. The number of aromatic nitrogens is 3. The summed E-state index contributed by atoms with van der Waals surface area (Å²) in [4.78, 5) is 8.21. The number of nitrogens with zero attached hydrogens (tertiary/aromatic N) is 3. The van der Waals surface area contributed by atoms with Crippen LogP contribution in [-0.2, 0) is 0 Å². The van der Waals surface area contributed by atoms with Gasteiger partial charge in [0.2, 0.25) is 11.5 Å². The van der Waals surface area contributed by atoms with Crippen LogP contribution in [0.15, 0.2) is 18.6 Å². The summed E-state index contributed by atoms with van der Waals surface area (Å²) in [5.41, 5.74) is 0.579. The SMILES string of the molecule is Oc1cn2ccnc(OC3CCCCC3)c2n1. The van der Waals surface area contributed by atoms with Crippen molar-refractivity contribution in [3.8, 4) is 11.8 Å². The smallest absolute Gasteiger partial charge is 0.258 e. The molecule has 5 heteroatoms. The third-order valence-corrected chi connectivity index (χ3v) is 3.16. The van der Waals surface area contributed by atoms with Gasteiger partial charge in [0.1, 0.15) is 6.10 Å². The minimum atomic E-state index is -0.00788. The molecule has 0 aliphatic heterocycles. The number of hydrogen-bond acceptors (Lipinski definition) is 4. The van der Waals surface area contributed by atoms with Gasteiger partial charge in [-0.15, -0.1) is 0 Å². The fourth-order valence-corrected chi connectivity index (χ4v) is 2.31. The van der Waals surface area contributed by atoms with Crippen molar-refractivity contribution in [2.45, 2.75) is 38.2 Å². The van der Waals surface area contributed by atoms with Gasteiger partial charge in [-0.1, -0.05) is 6.42 Å². The molecule has 0 radical (unpaired) electrons. The molecule has 0 saturated heterocycles. The van der Waals surface area contributed by atoms with Gasteiger partial charge in [-0.2, -0.15) is 4.98 Å². The van der Waals surface area contributed by atoms with Gasteiger partial charge < -0.3 is 9.84 Å². The second-order valence-electron chi connectivity index (χ2n) is 4.44. The highest BCUT2D eigenvalue weighted by molar-refractivity contribution is 5.50. The van der Waals surface area contributed by atoms with E-state index in [2.05, 4.69) is 9.97 Å². The highest BCUT2D eigenvalue weighted by Gasteiger charge is 2.17. The lowest BCUT2D eigenvalue weighted by Crippen LogP contribution is -2.20. The fourth-order valence-electron chi connectivity index (χ4n) is 2.31. The molecule has 17 heavy (non-hydrogen) atoms. The van der Waals surface area contributed by atoms with Gasteiger partial charge in [0.25, 0.3) is 5.88 Å². The monoisotopic (exact) mass is 233 g/mol. The number of fused-ring (bicyclic) bond motifs is 1. The van der Waals surface area contributed by atoms with Crippen LogP contribution in [0.3, 0.4) is 0 Å². The first-order chi connectivity index (χ1) is 8.33. The van der Waals surface area contributed by atoms with Crippen molar-refractivity contribution in [1.82, 2.24) is 14.4 Å². The molecule has 1 saturated carbocycles. The summed E-state index contributed by atoms with van der Waals surface area (Å²) in [7, 11) is 0. The average molecular weight is 233 g/mol. The predicted octanol–water partition coefficient (Wildman–Crippen LogP) is 2.15. The minimum Gasteiger partial charge on any atom is -0.492 e. The van der Waals surface area contributed by atoms with Crippen molar-refractivity contribution in [3.63, 3.8) is 0 Å². The van der Waals surface area contributed by atoms with Crippen LogP contribution in [0.4, 0.5) is 0 Å². The first-order valence-electron chi connectivity index (χ1n) is 6.02. The highest BCUT2D eigenvalue weighted by Crippen LogP contribution is 2.25. The maximum Gasteiger partial charge on any atom is 0.258 e. The Labute approximate surface area is 99.1 Å². The maximum absolute atomic E-state index is 9.37. The lowest BCUT2D eigenvalue weighted by Gasteiger charge is -2.22. The summed E-state index contributed by atoms with van der Waals surface area (Å²) in [6.07, 6.45) is 11.1. The molecule has 0 spiro atoms. The third kappa shape index (κ3) is 2.05. The van der Waals surface area contributed by atoms with E-state index in [-0.39, 0.29) is 12.0 Å². The number of aromatic hydroxyl groups is 1. The molecular formula is C12H15N3O2. The van der Waals surface area contributed by atoms with Gasteiger partial charge in [-0.3, -0.25) is 4.40 Å². The minimum absolute atomic E-state index is 0.00788. The van der Waals surface area contributed by atoms with E-state index in [4.69, 9.17) is 4.74 Å². The second kappa shape index (κ2) is 4.24. The third-order valence-electron chi connectivity index (χ3n) is 3.16. The number of imidazole rings is 1. The zero-order chi connectivity index (χ0) is 11.7. The lowest BCUT2D eigenvalue weighted by molar-refractivity contribution is 0.150. The molecule has 3 rings (SSSR count). The van der Waals surface area contributed by atoms with Crippen molar-refractivity contribution < 1.29 is 9.84 Å². The van der Waals surface area contributed by atoms with Crippen LogP contribution in [0, 0.1) is 0 Å². The molecule has 2 aromatic rings. The first-order valence-corrected chi connectivity index (χ1v) is 6.02. The van der Waals surface area contributed by atoms with Crippen LogP contribution in [0.2, 0.25) is 0 Å². The Hall–Kier alpha value is -1.78. The molecule has 0 atom stereocenters. The molecule has 1 N–H and O–H groups in total. The Morgan fingerprint density at radius 2 is 2.12 bits per heavy atom. The van der Waals surface area contributed by atoms with Crippen LogP contribution in [-0.4, -0.2) is 25.6 Å². The molecular weight excluding hydrogens is 218 g/mol. The molecule has 90 valence electrons. The molecule has 0 aromatic carbocycles. The van der Waals surface area contributed by atoms with Crippen LogP contribution < -0.4 is 4.74 Å². The van der Waals surface area contributed by atoms with E-state index in [1.807, 2.05) is 0 Å². The van der Waals surface area contributed by atoms with Crippen LogP contribution in [0.25, 0.3) is 5.65 Å². The van der Waals surface area contributed by atoms with Crippen molar-refractivity contribution in [3.05, 3.63) is 18.6 Å². The maximum atomic E-state index is 9.37. The van der Waals surface area contributed by atoms with Crippen molar-refractivity contribution in [2.24, 2.45) is 0 Å². The Balaban J connectivity index is 1.88. The summed E-state index contributed by atoms with van der Waals surface area (Å²) in [5.74, 6) is 0.506. The zero-order valence-electron chi connectivity index (χ0n) is 9.54. The van der Waals surface area contributed by atoms with E-state index in [1.54, 1.807) is 23.0 Å². The predicted molar refractivity (Wildman–Crippen MR) is 62.2 cm³/mol. The summed E-state index contributed by atoms with van der Waals surface area (Å²) in [5, 5.41) is 9.37. The van der Waals surface area contributed by atoms with Crippen LogP contribution in [0.5, 0.6) is 11.8 Å². The van der Waals surface area contributed by atoms with Crippen LogP contribution in [0.1, 0.15) is 32.1 Å². The van der Waals surface area contributed by atoms with Crippen molar-refractivity contribution in [2.75, 3.05) is 0 Å². The van der Waals surface area contributed by atoms with E-state index in [1.165, 1.54) is 19.3 Å². The van der Waals surface area contributed by atoms with E-state index in [0.29, 0.717) is 11.5 Å². The van der Waals surface area contributed by atoms with Gasteiger partial charge in [0.15, 0.2) is 0 Å². The Morgan fingerprint density at radius 1 is 1.29 bits per heavy atom. The molecule has 5 nitrogen and oxygen atoms in total. The van der Waals surface area contributed by atoms with Gasteiger partial charge in [-0.05, 0) is 25.7 Å². The summed E-state index contributed by atoms with van der Waals surface area (Å²) < 4.78 is 7.60. The Morgan fingerprint density at radius 3 is 2.94 bits per heavy atom. The Kier molecular flexibility index (Phi) is 2.59. The standard InChI is InChI=1S/C12H15N3O2/c16-10-8-15-7-6-13-12(11(15)14-10)17-9-4-2-1-3-5-9/h6-9,16H,1-5H2. The summed E-state index contributed by atoms with van der Waals surface area (Å²) in [6, 6.07) is 0. The summed E-state index contributed by atoms with van der Waals surface area (Å²) >= 11 is 0. The van der Waals surface area contributed by atoms with Crippen LogP contribution >= 0.6 is 0 Å². The van der Waals surface area contributed by atoms with E-state index in [0.717, 1.165) is 12.8 Å². The highest BCUT2D eigenvalue weighted by atomic mass is 16.5. The average Bonchev–Trinajstić information content (AvgIpc) is 2.72. The van der Waals surface area contributed by atoms with Crippen molar-refractivity contribution >= 4 is 5.65 Å². The van der Waals surface area contributed by atoms with E-state index < -0.39 is 0 Å². The number of ether oxygens (including phenoxy) is 1. The molecule has 0 unspecified atom stereocenters. The van der Waals surface area contributed by atoms with Gasteiger partial charge >= 0.3 is 0 Å². The normalized spacial score (nSPS) is 17.4. The topological polar surface area (TPSA) is 59.7 Å². The van der Waals surface area contributed by atoms with E-state index in [9.17, 15) is 5.11 Å². The van der Waals surface area contributed by atoms with Crippen molar-refractivity contribution in [1.29, 1.82) is 0 Å². The summed E-state index contributed by atoms with van der Waals surface area (Å²) in [6.45, 7) is 0. The van der Waals surface area contributed by atoms with Gasteiger partial charge in [-0.25, -0.2) is 4.98 Å². The molecule has 0 bridgehead atoms. The molecule has 1 fully saturated rings. The van der Waals surface area contributed by atoms with E-state index >= 15 is 0 Å².